The second kappa shape index (κ2) is 7.86. The number of carbonyl (C=O) groups is 2. The molecule has 9 nitrogen and oxygen atoms in total. The number of ether oxygens (including phenoxy) is 3. The summed E-state index contributed by atoms with van der Waals surface area (Å²) >= 11 is 0. The molecule has 2 atom stereocenters. The third-order valence-electron chi connectivity index (χ3n) is 5.72. The van der Waals surface area contributed by atoms with Gasteiger partial charge in [0.05, 0.1) is 37.4 Å². The van der Waals surface area contributed by atoms with Crippen LogP contribution in [-0.2, 0) is 9.47 Å². The molecule has 0 radical (unpaired) electrons. The van der Waals surface area contributed by atoms with E-state index in [0.29, 0.717) is 24.2 Å². The molecule has 2 saturated heterocycles. The van der Waals surface area contributed by atoms with Crippen LogP contribution in [0.2, 0.25) is 0 Å². The molecule has 2 aliphatic heterocycles. The summed E-state index contributed by atoms with van der Waals surface area (Å²) in [5, 5.41) is 0.744. The molecule has 1 amide bonds. The van der Waals surface area contributed by atoms with Crippen molar-refractivity contribution in [2.45, 2.75) is 51.3 Å². The van der Waals surface area contributed by atoms with E-state index < -0.39 is 11.6 Å². The first-order chi connectivity index (χ1) is 14.7. The molecule has 3 heterocycles. The Balaban J connectivity index is 1.67. The second-order valence-corrected chi connectivity index (χ2v) is 8.92. The summed E-state index contributed by atoms with van der Waals surface area (Å²) in [6.45, 7) is 6.99. The van der Waals surface area contributed by atoms with Crippen molar-refractivity contribution in [2.24, 2.45) is 0 Å². The summed E-state index contributed by atoms with van der Waals surface area (Å²) in [6, 6.07) is 3.95. The van der Waals surface area contributed by atoms with Crippen LogP contribution in [0.5, 0.6) is 6.01 Å². The minimum atomic E-state index is -0.524. The summed E-state index contributed by atoms with van der Waals surface area (Å²) in [7, 11) is 2.82. The molecule has 0 saturated carbocycles. The number of hydrogen-bond acceptors (Lipinski definition) is 8. The minimum Gasteiger partial charge on any atom is -0.467 e. The van der Waals surface area contributed by atoms with Crippen molar-refractivity contribution in [1.82, 2.24) is 14.9 Å². The number of piperazine rings is 1. The van der Waals surface area contributed by atoms with Gasteiger partial charge in [0.1, 0.15) is 5.60 Å². The number of carbonyl (C=O) groups excluding carboxylic acids is 2. The van der Waals surface area contributed by atoms with Gasteiger partial charge in [-0.1, -0.05) is 0 Å². The van der Waals surface area contributed by atoms with Crippen molar-refractivity contribution in [3.8, 4) is 6.01 Å². The van der Waals surface area contributed by atoms with Gasteiger partial charge in [0, 0.05) is 30.4 Å². The Morgan fingerprint density at radius 2 is 1.77 bits per heavy atom. The maximum absolute atomic E-state index is 12.8. The van der Waals surface area contributed by atoms with E-state index in [4.69, 9.17) is 14.2 Å². The summed E-state index contributed by atoms with van der Waals surface area (Å²) < 4.78 is 15.7. The molecule has 166 valence electrons. The van der Waals surface area contributed by atoms with Gasteiger partial charge < -0.3 is 19.1 Å². The van der Waals surface area contributed by atoms with E-state index >= 15 is 0 Å². The topological polar surface area (TPSA) is 94.1 Å². The zero-order valence-electron chi connectivity index (χ0n) is 18.5. The quantitative estimate of drug-likeness (QED) is 0.689. The Morgan fingerprint density at radius 1 is 1.10 bits per heavy atom. The van der Waals surface area contributed by atoms with Crippen LogP contribution < -0.4 is 9.64 Å². The predicted octanol–water partition coefficient (Wildman–Crippen LogP) is 3.01. The van der Waals surface area contributed by atoms with Gasteiger partial charge in [-0.25, -0.2) is 14.6 Å². The molecular formula is C22H28N4O5. The average Bonchev–Trinajstić information content (AvgIpc) is 3.00. The lowest BCUT2D eigenvalue weighted by atomic mass is 10.1. The van der Waals surface area contributed by atoms with E-state index in [2.05, 4.69) is 14.9 Å². The Labute approximate surface area is 181 Å². The molecule has 9 heteroatoms. The van der Waals surface area contributed by atoms with Crippen molar-refractivity contribution in [1.29, 1.82) is 0 Å². The molecule has 0 spiro atoms. The lowest BCUT2D eigenvalue weighted by molar-refractivity contribution is 0.0123. The number of rotatable bonds is 3. The van der Waals surface area contributed by atoms with Crippen LogP contribution in [-0.4, -0.2) is 71.9 Å². The Hall–Kier alpha value is -3.10. The molecule has 2 fully saturated rings. The lowest BCUT2D eigenvalue weighted by Crippen LogP contribution is -2.56. The first-order valence-corrected chi connectivity index (χ1v) is 10.4. The molecule has 2 aromatic rings. The van der Waals surface area contributed by atoms with E-state index in [0.717, 1.165) is 23.9 Å². The fraction of sp³-hybridized carbons (Fsp3) is 0.545. The van der Waals surface area contributed by atoms with Crippen molar-refractivity contribution in [3.05, 3.63) is 23.9 Å². The normalized spacial score (nSPS) is 20.7. The summed E-state index contributed by atoms with van der Waals surface area (Å²) in [5.74, 6) is -0.466. The Morgan fingerprint density at radius 3 is 2.35 bits per heavy atom. The number of methoxy groups -OCH3 is 2. The SMILES string of the molecule is COC(=O)c1ccc(N2CC3CCC(C2)N3C(=O)OC(C)(C)C)c2cnc(OC)nc12. The highest BCUT2D eigenvalue weighted by molar-refractivity contribution is 6.06. The third-order valence-corrected chi connectivity index (χ3v) is 5.72. The van der Waals surface area contributed by atoms with E-state index in [-0.39, 0.29) is 24.2 Å². The molecular weight excluding hydrogens is 400 g/mol. The molecule has 2 bridgehead atoms. The van der Waals surface area contributed by atoms with Gasteiger partial charge in [-0.15, -0.1) is 0 Å². The minimum absolute atomic E-state index is 0.0723. The fourth-order valence-electron chi connectivity index (χ4n) is 4.45. The number of anilines is 1. The molecule has 1 aromatic carbocycles. The van der Waals surface area contributed by atoms with Gasteiger partial charge in [-0.3, -0.25) is 4.90 Å². The maximum Gasteiger partial charge on any atom is 0.410 e. The number of aromatic nitrogens is 2. The standard InChI is InChI=1S/C22H28N4O5/c1-22(2,3)31-21(28)26-13-6-7-14(26)12-25(11-13)17-9-8-15(19(27)29-4)18-16(17)10-23-20(24-18)30-5/h8-10,13-14H,6-7,11-12H2,1-5H3. The fourth-order valence-corrected chi connectivity index (χ4v) is 4.45. The second-order valence-electron chi connectivity index (χ2n) is 8.92. The highest BCUT2D eigenvalue weighted by atomic mass is 16.6. The zero-order valence-corrected chi connectivity index (χ0v) is 18.5. The summed E-state index contributed by atoms with van der Waals surface area (Å²) in [4.78, 5) is 37.8. The predicted molar refractivity (Wildman–Crippen MR) is 115 cm³/mol. The van der Waals surface area contributed by atoms with Crippen LogP contribution in [0.3, 0.4) is 0 Å². The molecule has 0 N–H and O–H groups in total. The maximum atomic E-state index is 12.8. The number of esters is 1. The van der Waals surface area contributed by atoms with Crippen LogP contribution in [0.15, 0.2) is 18.3 Å². The van der Waals surface area contributed by atoms with Crippen molar-refractivity contribution in [2.75, 3.05) is 32.2 Å². The molecule has 31 heavy (non-hydrogen) atoms. The van der Waals surface area contributed by atoms with E-state index in [9.17, 15) is 9.59 Å². The van der Waals surface area contributed by atoms with Crippen LogP contribution in [0.1, 0.15) is 44.0 Å². The monoisotopic (exact) mass is 428 g/mol. The van der Waals surface area contributed by atoms with Crippen molar-refractivity contribution in [3.63, 3.8) is 0 Å². The number of amides is 1. The Kier molecular flexibility index (Phi) is 5.36. The van der Waals surface area contributed by atoms with Gasteiger partial charge in [-0.2, -0.15) is 4.98 Å². The van der Waals surface area contributed by atoms with Crippen molar-refractivity contribution >= 4 is 28.7 Å². The molecule has 2 aliphatic rings. The first-order valence-electron chi connectivity index (χ1n) is 10.4. The highest BCUT2D eigenvalue weighted by Crippen LogP contribution is 2.37. The number of nitrogens with zero attached hydrogens (tertiary/aromatic N) is 4. The molecule has 2 unspecified atom stereocenters. The lowest BCUT2D eigenvalue weighted by Gasteiger charge is -2.42. The zero-order chi connectivity index (χ0) is 22.3. The van der Waals surface area contributed by atoms with Crippen molar-refractivity contribution < 1.29 is 23.8 Å². The third kappa shape index (κ3) is 3.96. The van der Waals surface area contributed by atoms with E-state index in [1.807, 2.05) is 31.7 Å². The Bertz CT molecular complexity index is 1000. The van der Waals surface area contributed by atoms with Gasteiger partial charge in [0.15, 0.2) is 0 Å². The van der Waals surface area contributed by atoms with Crippen LogP contribution in [0.25, 0.3) is 10.9 Å². The van der Waals surface area contributed by atoms with Gasteiger partial charge >= 0.3 is 18.1 Å². The molecule has 1 aromatic heterocycles. The average molecular weight is 428 g/mol. The number of benzene rings is 1. The largest absolute Gasteiger partial charge is 0.467 e. The van der Waals surface area contributed by atoms with Gasteiger partial charge in [0.2, 0.25) is 0 Å². The highest BCUT2D eigenvalue weighted by Gasteiger charge is 2.44. The van der Waals surface area contributed by atoms with E-state index in [1.54, 1.807) is 12.3 Å². The summed E-state index contributed by atoms with van der Waals surface area (Å²) in [5.41, 5.74) is 1.24. The van der Waals surface area contributed by atoms with Crippen LogP contribution in [0, 0.1) is 0 Å². The van der Waals surface area contributed by atoms with Crippen LogP contribution in [0.4, 0.5) is 10.5 Å². The van der Waals surface area contributed by atoms with Crippen LogP contribution >= 0.6 is 0 Å². The number of hydrogen-bond donors (Lipinski definition) is 0. The first kappa shape index (κ1) is 21.1. The van der Waals surface area contributed by atoms with Gasteiger partial charge in [0.25, 0.3) is 0 Å². The smallest absolute Gasteiger partial charge is 0.410 e. The van der Waals surface area contributed by atoms with E-state index in [1.165, 1.54) is 14.2 Å². The molecule has 4 rings (SSSR count). The van der Waals surface area contributed by atoms with Gasteiger partial charge in [-0.05, 0) is 45.7 Å². The summed E-state index contributed by atoms with van der Waals surface area (Å²) in [6.07, 6.45) is 3.29. The number of fused-ring (bicyclic) bond motifs is 3. The molecule has 0 aliphatic carbocycles.